The van der Waals surface area contributed by atoms with E-state index in [0.29, 0.717) is 18.9 Å². The number of hydrogen-bond acceptors (Lipinski definition) is 3. The van der Waals surface area contributed by atoms with E-state index in [9.17, 15) is 4.79 Å². The number of aryl methyl sites for hydroxylation is 1. The lowest BCUT2D eigenvalue weighted by atomic mass is 9.93. The van der Waals surface area contributed by atoms with Crippen molar-refractivity contribution in [1.29, 1.82) is 0 Å². The van der Waals surface area contributed by atoms with Crippen molar-refractivity contribution in [3.05, 3.63) is 29.3 Å². The Labute approximate surface area is 150 Å². The maximum absolute atomic E-state index is 11.5. The van der Waals surface area contributed by atoms with Gasteiger partial charge in [-0.3, -0.25) is 9.79 Å². The first-order chi connectivity index (χ1) is 12.0. The summed E-state index contributed by atoms with van der Waals surface area (Å²) in [6.45, 7) is 4.64. The van der Waals surface area contributed by atoms with Gasteiger partial charge in [0, 0.05) is 40.2 Å². The maximum atomic E-state index is 11.5. The molecule has 0 bridgehead atoms. The fourth-order valence-electron chi connectivity index (χ4n) is 3.27. The summed E-state index contributed by atoms with van der Waals surface area (Å²) in [4.78, 5) is 18.2. The number of aliphatic imine (C=N–C) groups is 1. The molecular weight excluding hydrogens is 316 g/mol. The summed E-state index contributed by atoms with van der Waals surface area (Å²) >= 11 is 0. The summed E-state index contributed by atoms with van der Waals surface area (Å²) in [5.41, 5.74) is 2.36. The Bertz CT molecular complexity index is 607. The minimum atomic E-state index is 0.134. The second kappa shape index (κ2) is 9.30. The Morgan fingerprint density at radius 2 is 2.04 bits per heavy atom. The predicted molar refractivity (Wildman–Crippen MR) is 101 cm³/mol. The van der Waals surface area contributed by atoms with Crippen molar-refractivity contribution in [1.82, 2.24) is 15.5 Å². The van der Waals surface area contributed by atoms with E-state index in [-0.39, 0.29) is 5.91 Å². The van der Waals surface area contributed by atoms with Crippen molar-refractivity contribution in [2.24, 2.45) is 10.9 Å². The Balaban J connectivity index is 1.87. The Morgan fingerprint density at radius 3 is 2.64 bits per heavy atom. The zero-order valence-electron chi connectivity index (χ0n) is 15.8. The minimum absolute atomic E-state index is 0.134. The van der Waals surface area contributed by atoms with Crippen LogP contribution in [0.3, 0.4) is 0 Å². The third-order valence-corrected chi connectivity index (χ3v) is 4.68. The number of methoxy groups -OCH3 is 1. The molecule has 6 heteroatoms. The van der Waals surface area contributed by atoms with Gasteiger partial charge >= 0.3 is 0 Å². The first-order valence-electron chi connectivity index (χ1n) is 8.86. The van der Waals surface area contributed by atoms with Gasteiger partial charge in [-0.25, -0.2) is 0 Å². The summed E-state index contributed by atoms with van der Waals surface area (Å²) in [5.74, 6) is 2.39. The molecule has 25 heavy (non-hydrogen) atoms. The molecule has 0 atom stereocenters. The lowest BCUT2D eigenvalue weighted by Crippen LogP contribution is -2.45. The van der Waals surface area contributed by atoms with Gasteiger partial charge in [0.15, 0.2) is 5.96 Å². The Morgan fingerprint density at radius 1 is 1.32 bits per heavy atom. The third kappa shape index (κ3) is 5.66. The summed E-state index contributed by atoms with van der Waals surface area (Å²) in [5, 5.41) is 6.15. The van der Waals surface area contributed by atoms with E-state index in [2.05, 4.69) is 33.5 Å². The Hall–Kier alpha value is -2.24. The number of piperidine rings is 1. The fraction of sp³-hybridized carbons (Fsp3) is 0.579. The van der Waals surface area contributed by atoms with Gasteiger partial charge in [0.2, 0.25) is 5.91 Å². The molecule has 138 valence electrons. The molecule has 1 aromatic carbocycles. The largest absolute Gasteiger partial charge is 0.497 e. The van der Waals surface area contributed by atoms with Crippen molar-refractivity contribution in [2.75, 3.05) is 34.3 Å². The Kier molecular flexibility index (Phi) is 7.10. The number of nitrogens with zero attached hydrogens (tertiary/aromatic N) is 2. The van der Waals surface area contributed by atoms with Crippen LogP contribution in [0.25, 0.3) is 0 Å². The van der Waals surface area contributed by atoms with Gasteiger partial charge in [0.25, 0.3) is 0 Å². The zero-order valence-corrected chi connectivity index (χ0v) is 15.8. The van der Waals surface area contributed by atoms with E-state index in [0.717, 1.165) is 37.6 Å². The molecule has 0 saturated carbocycles. The highest BCUT2D eigenvalue weighted by Gasteiger charge is 2.23. The van der Waals surface area contributed by atoms with E-state index < -0.39 is 0 Å². The number of likely N-dealkylation sites (tertiary alicyclic amines) is 1. The van der Waals surface area contributed by atoms with Crippen molar-refractivity contribution in [2.45, 2.75) is 32.7 Å². The van der Waals surface area contributed by atoms with Crippen LogP contribution in [0.2, 0.25) is 0 Å². The lowest BCUT2D eigenvalue weighted by molar-refractivity contribution is -0.121. The molecule has 0 aliphatic carbocycles. The van der Waals surface area contributed by atoms with Crippen LogP contribution in [0.1, 0.15) is 30.4 Å². The summed E-state index contributed by atoms with van der Waals surface area (Å²) < 4.78 is 5.34. The first kappa shape index (κ1) is 19.1. The second-order valence-corrected chi connectivity index (χ2v) is 6.57. The van der Waals surface area contributed by atoms with E-state index >= 15 is 0 Å². The standard InChI is InChI=1S/C19H30N4O2/c1-14-9-16(11-17(10-14)25-4)13-22-19(21-3)23-7-5-15(6-8-23)12-18(24)20-2/h9-11,15H,5-8,12-13H2,1-4H3,(H,20,24)(H,21,22). The number of benzene rings is 1. The normalized spacial score (nSPS) is 15.8. The van der Waals surface area contributed by atoms with Crippen LogP contribution in [0.5, 0.6) is 5.75 Å². The number of guanidine groups is 1. The molecule has 2 rings (SSSR count). The van der Waals surface area contributed by atoms with Gasteiger partial charge in [-0.1, -0.05) is 6.07 Å². The zero-order chi connectivity index (χ0) is 18.2. The average molecular weight is 346 g/mol. The molecule has 1 saturated heterocycles. The summed E-state index contributed by atoms with van der Waals surface area (Å²) in [7, 11) is 5.20. The van der Waals surface area contributed by atoms with Crippen molar-refractivity contribution in [3.8, 4) is 5.75 Å². The summed E-state index contributed by atoms with van der Waals surface area (Å²) in [6, 6.07) is 6.22. The molecule has 0 unspecified atom stereocenters. The van der Waals surface area contributed by atoms with Gasteiger partial charge in [-0.2, -0.15) is 0 Å². The van der Waals surface area contributed by atoms with Crippen molar-refractivity contribution >= 4 is 11.9 Å². The molecular formula is C19H30N4O2. The van der Waals surface area contributed by atoms with E-state index in [1.807, 2.05) is 19.2 Å². The van der Waals surface area contributed by atoms with Crippen LogP contribution in [0.4, 0.5) is 0 Å². The minimum Gasteiger partial charge on any atom is -0.497 e. The third-order valence-electron chi connectivity index (χ3n) is 4.68. The van der Waals surface area contributed by atoms with Gasteiger partial charge in [0.05, 0.1) is 7.11 Å². The van der Waals surface area contributed by atoms with Gasteiger partial charge in [-0.05, 0) is 48.9 Å². The smallest absolute Gasteiger partial charge is 0.220 e. The average Bonchev–Trinajstić information content (AvgIpc) is 2.62. The quantitative estimate of drug-likeness (QED) is 0.632. The van der Waals surface area contributed by atoms with Crippen molar-refractivity contribution in [3.63, 3.8) is 0 Å². The number of carbonyl (C=O) groups excluding carboxylic acids is 1. The molecule has 1 heterocycles. The number of ether oxygens (including phenoxy) is 1. The maximum Gasteiger partial charge on any atom is 0.220 e. The highest BCUT2D eigenvalue weighted by atomic mass is 16.5. The molecule has 1 aliphatic heterocycles. The molecule has 0 spiro atoms. The molecule has 0 aromatic heterocycles. The fourth-order valence-corrected chi connectivity index (χ4v) is 3.27. The van der Waals surface area contributed by atoms with Gasteiger partial charge in [-0.15, -0.1) is 0 Å². The lowest BCUT2D eigenvalue weighted by Gasteiger charge is -2.34. The van der Waals surface area contributed by atoms with Crippen LogP contribution in [0.15, 0.2) is 23.2 Å². The van der Waals surface area contributed by atoms with Crippen LogP contribution in [-0.2, 0) is 11.3 Å². The molecule has 0 radical (unpaired) electrons. The molecule has 1 fully saturated rings. The number of carbonyl (C=O) groups is 1. The van der Waals surface area contributed by atoms with Crippen LogP contribution >= 0.6 is 0 Å². The summed E-state index contributed by atoms with van der Waals surface area (Å²) in [6.07, 6.45) is 2.66. The number of amides is 1. The van der Waals surface area contributed by atoms with Gasteiger partial charge in [0.1, 0.15) is 5.75 Å². The van der Waals surface area contributed by atoms with Gasteiger partial charge < -0.3 is 20.3 Å². The monoisotopic (exact) mass is 346 g/mol. The van der Waals surface area contributed by atoms with Crippen LogP contribution in [0, 0.1) is 12.8 Å². The molecule has 1 aromatic rings. The van der Waals surface area contributed by atoms with Crippen LogP contribution < -0.4 is 15.4 Å². The predicted octanol–water partition coefficient (Wildman–Crippen LogP) is 1.93. The number of hydrogen-bond donors (Lipinski definition) is 2. The molecule has 1 aliphatic rings. The van der Waals surface area contributed by atoms with Crippen LogP contribution in [-0.4, -0.2) is 51.1 Å². The van der Waals surface area contributed by atoms with E-state index in [4.69, 9.17) is 4.74 Å². The highest BCUT2D eigenvalue weighted by Crippen LogP contribution is 2.21. The van der Waals surface area contributed by atoms with E-state index in [1.54, 1.807) is 14.2 Å². The highest BCUT2D eigenvalue weighted by molar-refractivity contribution is 5.80. The second-order valence-electron chi connectivity index (χ2n) is 6.57. The molecule has 2 N–H and O–H groups in total. The number of nitrogens with one attached hydrogen (secondary N) is 2. The topological polar surface area (TPSA) is 66.0 Å². The first-order valence-corrected chi connectivity index (χ1v) is 8.86. The SMILES string of the molecule is CN=C(NCc1cc(C)cc(OC)c1)N1CCC(CC(=O)NC)CC1. The number of rotatable bonds is 5. The molecule has 1 amide bonds. The van der Waals surface area contributed by atoms with E-state index in [1.165, 1.54) is 11.1 Å². The molecule has 6 nitrogen and oxygen atoms in total. The van der Waals surface area contributed by atoms with Crippen molar-refractivity contribution < 1.29 is 9.53 Å².